The van der Waals surface area contributed by atoms with Crippen molar-refractivity contribution in [3.8, 4) is 0 Å². The zero-order valence-electron chi connectivity index (χ0n) is 7.63. The lowest BCUT2D eigenvalue weighted by atomic mass is 10.1. The highest BCUT2D eigenvalue weighted by molar-refractivity contribution is 14.1. The lowest BCUT2D eigenvalue weighted by molar-refractivity contribution is 1.25. The Morgan fingerprint density at radius 1 is 1.08 bits per heavy atom. The third kappa shape index (κ3) is 1.55. The smallest absolute Gasteiger partial charge is 0.0708 e. The highest BCUT2D eigenvalue weighted by Gasteiger charge is 2.01. The Kier molecular flexibility index (Phi) is 2.24. The van der Waals surface area contributed by atoms with Gasteiger partial charge in [0.25, 0.3) is 0 Å². The molecular formula is C11H10IN. The van der Waals surface area contributed by atoms with E-state index in [2.05, 4.69) is 58.8 Å². The molecule has 0 aliphatic heterocycles. The maximum absolute atomic E-state index is 4.47. The van der Waals surface area contributed by atoms with Gasteiger partial charge in [-0.3, -0.25) is 4.98 Å². The molecule has 0 atom stereocenters. The summed E-state index contributed by atoms with van der Waals surface area (Å²) >= 11 is 2.35. The van der Waals surface area contributed by atoms with Crippen molar-refractivity contribution in [2.75, 3.05) is 0 Å². The first-order chi connectivity index (χ1) is 6.18. The molecule has 2 aromatic rings. The van der Waals surface area contributed by atoms with E-state index in [4.69, 9.17) is 0 Å². The average Bonchev–Trinajstić information content (AvgIpc) is 2.12. The number of fused-ring (bicyclic) bond motifs is 1. The molecule has 0 unspecified atom stereocenters. The summed E-state index contributed by atoms with van der Waals surface area (Å²) in [7, 11) is 0. The van der Waals surface area contributed by atoms with Gasteiger partial charge in [0, 0.05) is 14.7 Å². The van der Waals surface area contributed by atoms with Crippen molar-refractivity contribution in [3.63, 3.8) is 0 Å². The van der Waals surface area contributed by atoms with Crippen molar-refractivity contribution in [1.29, 1.82) is 0 Å². The first-order valence-corrected chi connectivity index (χ1v) is 5.29. The van der Waals surface area contributed by atoms with Gasteiger partial charge in [-0.1, -0.05) is 6.07 Å². The number of hydrogen-bond acceptors (Lipinski definition) is 1. The molecule has 0 saturated carbocycles. The number of hydrogen-bond donors (Lipinski definition) is 0. The Morgan fingerprint density at radius 3 is 2.62 bits per heavy atom. The number of benzene rings is 1. The molecule has 2 heteroatoms. The van der Waals surface area contributed by atoms with Crippen LogP contribution in [0, 0.1) is 17.4 Å². The molecule has 2 rings (SSSR count). The topological polar surface area (TPSA) is 12.9 Å². The number of nitrogens with zero attached hydrogens (tertiary/aromatic N) is 1. The van der Waals surface area contributed by atoms with Crippen LogP contribution < -0.4 is 0 Å². The Bertz CT molecular complexity index is 463. The van der Waals surface area contributed by atoms with E-state index in [1.54, 1.807) is 0 Å². The summed E-state index contributed by atoms with van der Waals surface area (Å²) in [4.78, 5) is 4.47. The number of rotatable bonds is 0. The van der Waals surface area contributed by atoms with Gasteiger partial charge in [0.1, 0.15) is 0 Å². The first-order valence-electron chi connectivity index (χ1n) is 4.21. The molecule has 1 aromatic carbocycles. The van der Waals surface area contributed by atoms with Gasteiger partial charge >= 0.3 is 0 Å². The van der Waals surface area contributed by atoms with E-state index in [-0.39, 0.29) is 0 Å². The quantitative estimate of drug-likeness (QED) is 0.675. The molecule has 1 heterocycles. The molecule has 0 fully saturated rings. The summed E-state index contributed by atoms with van der Waals surface area (Å²) in [5.41, 5.74) is 3.50. The van der Waals surface area contributed by atoms with Crippen LogP contribution in [-0.2, 0) is 0 Å². The fraction of sp³-hybridized carbons (Fsp3) is 0.182. The third-order valence-electron chi connectivity index (χ3n) is 2.21. The van der Waals surface area contributed by atoms with Crippen LogP contribution in [0.2, 0.25) is 0 Å². The van der Waals surface area contributed by atoms with E-state index < -0.39 is 0 Å². The normalized spacial score (nSPS) is 10.7. The van der Waals surface area contributed by atoms with Gasteiger partial charge < -0.3 is 0 Å². The van der Waals surface area contributed by atoms with Gasteiger partial charge in [0.05, 0.1) is 5.52 Å². The van der Waals surface area contributed by atoms with E-state index in [1.807, 2.05) is 6.92 Å². The van der Waals surface area contributed by atoms with E-state index in [0.29, 0.717) is 0 Å². The van der Waals surface area contributed by atoms with E-state index in [0.717, 1.165) is 11.2 Å². The molecule has 0 radical (unpaired) electrons. The second kappa shape index (κ2) is 3.25. The van der Waals surface area contributed by atoms with E-state index in [1.165, 1.54) is 14.5 Å². The fourth-order valence-corrected chi connectivity index (χ4v) is 1.90. The Morgan fingerprint density at radius 2 is 1.85 bits per heavy atom. The first kappa shape index (κ1) is 8.94. The van der Waals surface area contributed by atoms with Crippen LogP contribution in [-0.4, -0.2) is 4.98 Å². The average molecular weight is 283 g/mol. The van der Waals surface area contributed by atoms with Crippen LogP contribution in [0.25, 0.3) is 10.9 Å². The largest absolute Gasteiger partial charge is 0.253 e. The van der Waals surface area contributed by atoms with Gasteiger partial charge in [0.15, 0.2) is 0 Å². The van der Waals surface area contributed by atoms with Crippen molar-refractivity contribution in [1.82, 2.24) is 4.98 Å². The van der Waals surface area contributed by atoms with Crippen LogP contribution in [0.5, 0.6) is 0 Å². The predicted molar refractivity (Wildman–Crippen MR) is 63.9 cm³/mol. The third-order valence-corrected chi connectivity index (χ3v) is 3.38. The predicted octanol–water partition coefficient (Wildman–Crippen LogP) is 3.46. The SMILES string of the molecule is Cc1ccc2c(C)c(I)ccc2n1. The standard InChI is InChI=1S/C11H10IN/c1-7-3-4-9-8(2)10(12)5-6-11(9)13-7/h3-6H,1-2H3. The van der Waals surface area contributed by atoms with Crippen LogP contribution in [0.4, 0.5) is 0 Å². The number of aryl methyl sites for hydroxylation is 2. The summed E-state index contributed by atoms with van der Waals surface area (Å²) < 4.78 is 1.30. The van der Waals surface area contributed by atoms with E-state index >= 15 is 0 Å². The van der Waals surface area contributed by atoms with Crippen molar-refractivity contribution in [2.45, 2.75) is 13.8 Å². The van der Waals surface area contributed by atoms with E-state index in [9.17, 15) is 0 Å². The van der Waals surface area contributed by atoms with Crippen LogP contribution in [0.1, 0.15) is 11.3 Å². The lowest BCUT2D eigenvalue weighted by Gasteiger charge is -2.04. The zero-order valence-corrected chi connectivity index (χ0v) is 9.79. The number of halogens is 1. The van der Waals surface area contributed by atoms with Crippen LogP contribution in [0.3, 0.4) is 0 Å². The number of pyridine rings is 1. The molecule has 0 aliphatic rings. The lowest BCUT2D eigenvalue weighted by Crippen LogP contribution is -1.87. The summed E-state index contributed by atoms with van der Waals surface area (Å²) in [6, 6.07) is 8.41. The second-order valence-corrected chi connectivity index (χ2v) is 4.35. The van der Waals surface area contributed by atoms with Gasteiger partial charge in [-0.15, -0.1) is 0 Å². The molecule has 1 aromatic heterocycles. The molecular weight excluding hydrogens is 273 g/mol. The van der Waals surface area contributed by atoms with Crippen molar-refractivity contribution in [2.24, 2.45) is 0 Å². The highest BCUT2D eigenvalue weighted by atomic mass is 127. The van der Waals surface area contributed by atoms with Gasteiger partial charge in [0.2, 0.25) is 0 Å². The molecule has 66 valence electrons. The Labute approximate surface area is 91.3 Å². The maximum Gasteiger partial charge on any atom is 0.0708 e. The van der Waals surface area contributed by atoms with Crippen LogP contribution in [0.15, 0.2) is 24.3 Å². The minimum atomic E-state index is 1.08. The minimum absolute atomic E-state index is 1.08. The zero-order chi connectivity index (χ0) is 9.42. The summed E-state index contributed by atoms with van der Waals surface area (Å²) in [6.07, 6.45) is 0. The summed E-state index contributed by atoms with van der Waals surface area (Å²) in [6.45, 7) is 4.16. The second-order valence-electron chi connectivity index (χ2n) is 3.19. The highest BCUT2D eigenvalue weighted by Crippen LogP contribution is 2.21. The fourth-order valence-electron chi connectivity index (χ4n) is 1.43. The molecule has 1 nitrogen and oxygen atoms in total. The van der Waals surface area contributed by atoms with Gasteiger partial charge in [-0.2, -0.15) is 0 Å². The maximum atomic E-state index is 4.47. The monoisotopic (exact) mass is 283 g/mol. The molecule has 0 saturated heterocycles. The molecule has 0 bridgehead atoms. The van der Waals surface area contributed by atoms with Crippen LogP contribution >= 0.6 is 22.6 Å². The van der Waals surface area contributed by atoms with Gasteiger partial charge in [-0.05, 0) is 60.2 Å². The van der Waals surface area contributed by atoms with Crippen molar-refractivity contribution >= 4 is 33.5 Å². The minimum Gasteiger partial charge on any atom is -0.253 e. The molecule has 0 spiro atoms. The molecule has 13 heavy (non-hydrogen) atoms. The van der Waals surface area contributed by atoms with Gasteiger partial charge in [-0.25, -0.2) is 0 Å². The number of aromatic nitrogens is 1. The molecule has 0 N–H and O–H groups in total. The Hall–Kier alpha value is -0.640. The summed E-state index contributed by atoms with van der Waals surface area (Å²) in [5.74, 6) is 0. The Balaban J connectivity index is 2.87. The molecule has 0 aliphatic carbocycles. The summed E-state index contributed by atoms with van der Waals surface area (Å²) in [5, 5.41) is 1.26. The van der Waals surface area contributed by atoms with Crippen molar-refractivity contribution < 1.29 is 0 Å². The molecule has 0 amide bonds. The van der Waals surface area contributed by atoms with Crippen molar-refractivity contribution in [3.05, 3.63) is 39.1 Å².